The molecule has 1 aromatic rings. The van der Waals surface area contributed by atoms with Gasteiger partial charge < -0.3 is 25.2 Å². The third-order valence-corrected chi connectivity index (χ3v) is 4.34. The number of nitrogens with zero attached hydrogens (tertiary/aromatic N) is 4. The summed E-state index contributed by atoms with van der Waals surface area (Å²) in [6, 6.07) is 0.861. The Morgan fingerprint density at radius 2 is 2.03 bits per heavy atom. The average molecular weight is 418 g/mol. The van der Waals surface area contributed by atoms with Crippen LogP contribution >= 0.6 is 0 Å². The van der Waals surface area contributed by atoms with Crippen molar-refractivity contribution in [2.24, 2.45) is 0 Å². The van der Waals surface area contributed by atoms with Crippen LogP contribution in [-0.4, -0.2) is 79.8 Å². The largest absolute Gasteiger partial charge is 0.439 e. The van der Waals surface area contributed by atoms with Gasteiger partial charge in [0.2, 0.25) is 5.95 Å². The summed E-state index contributed by atoms with van der Waals surface area (Å²) in [5, 5.41) is 4.91. The molecular formula is C17H25F3N6O3. The number of nitrogens with one attached hydrogen (secondary N) is 2. The van der Waals surface area contributed by atoms with E-state index >= 15 is 0 Å². The summed E-state index contributed by atoms with van der Waals surface area (Å²) in [5.74, 6) is -0.304. The van der Waals surface area contributed by atoms with Gasteiger partial charge in [-0.1, -0.05) is 0 Å². The number of anilines is 1. The average Bonchev–Trinajstić information content (AvgIpc) is 2.94. The third-order valence-electron chi connectivity index (χ3n) is 4.34. The summed E-state index contributed by atoms with van der Waals surface area (Å²) in [7, 11) is 1.45. The molecule has 1 aromatic heterocycles. The maximum atomic E-state index is 12.8. The number of carbonyl (C=O) groups is 2. The van der Waals surface area contributed by atoms with Crippen LogP contribution in [-0.2, 0) is 15.7 Å². The van der Waals surface area contributed by atoms with E-state index in [2.05, 4.69) is 25.5 Å². The van der Waals surface area contributed by atoms with Crippen LogP contribution in [0.4, 0.5) is 23.9 Å². The van der Waals surface area contributed by atoms with E-state index in [1.54, 1.807) is 4.90 Å². The normalized spacial score (nSPS) is 15.5. The maximum Gasteiger partial charge on any atom is 0.433 e. The smallest absolute Gasteiger partial charge is 0.433 e. The van der Waals surface area contributed by atoms with Gasteiger partial charge in [0.05, 0.1) is 0 Å². The van der Waals surface area contributed by atoms with Crippen molar-refractivity contribution in [3.63, 3.8) is 0 Å². The molecule has 0 spiro atoms. The molecular weight excluding hydrogens is 393 g/mol. The number of rotatable bonds is 7. The molecule has 12 heteroatoms. The van der Waals surface area contributed by atoms with Gasteiger partial charge in [0.25, 0.3) is 5.91 Å². The minimum Gasteiger partial charge on any atom is -0.439 e. The number of halogens is 3. The van der Waals surface area contributed by atoms with E-state index in [9.17, 15) is 22.8 Å². The van der Waals surface area contributed by atoms with Crippen LogP contribution in [0.5, 0.6) is 0 Å². The van der Waals surface area contributed by atoms with Gasteiger partial charge in [-0.25, -0.2) is 14.8 Å². The van der Waals surface area contributed by atoms with E-state index in [0.717, 1.165) is 25.2 Å². The quantitative estimate of drug-likeness (QED) is 0.634. The van der Waals surface area contributed by atoms with Gasteiger partial charge >= 0.3 is 12.3 Å². The van der Waals surface area contributed by atoms with Gasteiger partial charge in [-0.2, -0.15) is 13.2 Å². The second-order valence-corrected chi connectivity index (χ2v) is 6.45. The fraction of sp³-hybridized carbons (Fsp3) is 0.647. The Labute approximate surface area is 166 Å². The standard InChI is InChI=1S/C17H25F3N6O3/c1-21-14(27)12-29-16(28)23-5-2-7-25-8-3-9-26(11-10-25)15-22-6-4-13(24-15)17(18,19)20/h4,6H,2-3,5,7-12H2,1H3,(H,21,27)(H,23,28). The zero-order valence-electron chi connectivity index (χ0n) is 16.2. The lowest BCUT2D eigenvalue weighted by Gasteiger charge is -2.22. The van der Waals surface area contributed by atoms with Gasteiger partial charge in [0, 0.05) is 39.4 Å². The van der Waals surface area contributed by atoms with E-state index in [1.807, 2.05) is 0 Å². The van der Waals surface area contributed by atoms with E-state index < -0.39 is 18.0 Å². The number of carbonyl (C=O) groups excluding carboxylic acids is 2. The molecule has 1 fully saturated rings. The molecule has 2 amide bonds. The monoisotopic (exact) mass is 418 g/mol. The van der Waals surface area contributed by atoms with Crippen molar-refractivity contribution in [3.05, 3.63) is 18.0 Å². The lowest BCUT2D eigenvalue weighted by atomic mass is 10.3. The molecule has 0 saturated carbocycles. The number of alkyl carbamates (subject to hydrolysis) is 1. The summed E-state index contributed by atoms with van der Waals surface area (Å²) in [5.41, 5.74) is -0.946. The van der Waals surface area contributed by atoms with E-state index in [0.29, 0.717) is 39.1 Å². The summed E-state index contributed by atoms with van der Waals surface area (Å²) in [4.78, 5) is 34.0. The summed E-state index contributed by atoms with van der Waals surface area (Å²) in [6.07, 6.45) is -2.58. The molecule has 9 nitrogen and oxygen atoms in total. The van der Waals surface area contributed by atoms with Crippen LogP contribution in [0.25, 0.3) is 0 Å². The zero-order valence-corrected chi connectivity index (χ0v) is 16.2. The lowest BCUT2D eigenvalue weighted by molar-refractivity contribution is -0.141. The van der Waals surface area contributed by atoms with Crippen molar-refractivity contribution in [2.45, 2.75) is 19.0 Å². The third kappa shape index (κ3) is 7.72. The molecule has 0 bridgehead atoms. The summed E-state index contributed by atoms with van der Waals surface area (Å²) in [6.45, 7) is 3.31. The summed E-state index contributed by atoms with van der Waals surface area (Å²) >= 11 is 0. The number of amides is 2. The molecule has 0 radical (unpaired) electrons. The molecule has 2 N–H and O–H groups in total. The van der Waals surface area contributed by atoms with Crippen LogP contribution in [0.1, 0.15) is 18.5 Å². The molecule has 29 heavy (non-hydrogen) atoms. The number of hydrogen-bond acceptors (Lipinski definition) is 7. The van der Waals surface area contributed by atoms with Crippen LogP contribution in [0.15, 0.2) is 12.3 Å². The number of ether oxygens (including phenoxy) is 1. The van der Waals surface area contributed by atoms with Crippen LogP contribution in [0.3, 0.4) is 0 Å². The number of aromatic nitrogens is 2. The Morgan fingerprint density at radius 1 is 1.24 bits per heavy atom. The summed E-state index contributed by atoms with van der Waals surface area (Å²) < 4.78 is 43.2. The predicted octanol–water partition coefficient (Wildman–Crippen LogP) is 0.870. The van der Waals surface area contributed by atoms with Gasteiger partial charge in [0.15, 0.2) is 6.61 Å². The highest BCUT2D eigenvalue weighted by atomic mass is 19.4. The first-order chi connectivity index (χ1) is 13.8. The Hall–Kier alpha value is -2.63. The number of hydrogen-bond donors (Lipinski definition) is 2. The Kier molecular flexibility index (Phi) is 8.43. The maximum absolute atomic E-state index is 12.8. The van der Waals surface area contributed by atoms with Crippen molar-refractivity contribution in [3.8, 4) is 0 Å². The molecule has 2 rings (SSSR count). The Morgan fingerprint density at radius 3 is 2.76 bits per heavy atom. The molecule has 0 aliphatic carbocycles. The molecule has 1 aliphatic rings. The molecule has 0 aromatic carbocycles. The highest BCUT2D eigenvalue weighted by Crippen LogP contribution is 2.28. The minimum atomic E-state index is -4.50. The van der Waals surface area contributed by atoms with Crippen LogP contribution in [0, 0.1) is 0 Å². The van der Waals surface area contributed by atoms with E-state index in [4.69, 9.17) is 4.74 Å². The Bertz CT molecular complexity index is 689. The van der Waals surface area contributed by atoms with Gasteiger partial charge in [0.1, 0.15) is 5.69 Å². The van der Waals surface area contributed by atoms with Crippen molar-refractivity contribution in [1.82, 2.24) is 25.5 Å². The van der Waals surface area contributed by atoms with Crippen molar-refractivity contribution < 1.29 is 27.5 Å². The number of alkyl halides is 3. The minimum absolute atomic E-state index is 0.0854. The van der Waals surface area contributed by atoms with Crippen LogP contribution < -0.4 is 15.5 Å². The zero-order chi connectivity index (χ0) is 21.3. The first-order valence-electron chi connectivity index (χ1n) is 9.28. The second-order valence-electron chi connectivity index (χ2n) is 6.45. The van der Waals surface area contributed by atoms with E-state index in [-0.39, 0.29) is 18.5 Å². The highest BCUT2D eigenvalue weighted by molar-refractivity contribution is 5.79. The number of likely N-dealkylation sites (N-methyl/N-ethyl adjacent to an activating group) is 1. The molecule has 0 unspecified atom stereocenters. The molecule has 2 heterocycles. The topological polar surface area (TPSA) is 99.7 Å². The van der Waals surface area contributed by atoms with Gasteiger partial charge in [-0.05, 0) is 32.0 Å². The molecule has 162 valence electrons. The SMILES string of the molecule is CNC(=O)COC(=O)NCCCN1CCCN(c2nccc(C(F)(F)F)n2)CC1. The highest BCUT2D eigenvalue weighted by Gasteiger charge is 2.33. The first-order valence-corrected chi connectivity index (χ1v) is 9.28. The fourth-order valence-corrected chi connectivity index (χ4v) is 2.80. The van der Waals surface area contributed by atoms with Gasteiger partial charge in [-0.3, -0.25) is 4.79 Å². The van der Waals surface area contributed by atoms with Crippen LogP contribution in [0.2, 0.25) is 0 Å². The molecule has 0 atom stereocenters. The van der Waals surface area contributed by atoms with Gasteiger partial charge in [-0.15, -0.1) is 0 Å². The first kappa shape index (κ1) is 22.7. The van der Waals surface area contributed by atoms with Crippen molar-refractivity contribution in [1.29, 1.82) is 0 Å². The van der Waals surface area contributed by atoms with Crippen molar-refractivity contribution in [2.75, 3.05) is 57.8 Å². The second kappa shape index (κ2) is 10.8. The van der Waals surface area contributed by atoms with Crippen molar-refractivity contribution >= 4 is 17.9 Å². The van der Waals surface area contributed by atoms with E-state index in [1.165, 1.54) is 7.05 Å². The lowest BCUT2D eigenvalue weighted by Crippen LogP contribution is -2.34. The fourth-order valence-electron chi connectivity index (χ4n) is 2.80. The Balaban J connectivity index is 1.72. The molecule has 1 saturated heterocycles. The predicted molar refractivity (Wildman–Crippen MR) is 98.3 cm³/mol. The molecule has 1 aliphatic heterocycles.